The molecule has 210 valence electrons. The van der Waals surface area contributed by atoms with Crippen LogP contribution in [0.25, 0.3) is 11.3 Å². The molecule has 0 aromatic heterocycles. The maximum Gasteiger partial charge on any atom is 0.673 e. The average molecular weight is 720 g/mol. The molecule has 0 saturated carbocycles. The Hall–Kier alpha value is -2.33. The van der Waals surface area contributed by atoms with Gasteiger partial charge in [0.1, 0.15) is 11.5 Å². The molecule has 1 aliphatic heterocycles. The van der Waals surface area contributed by atoms with E-state index in [9.17, 15) is 17.3 Å². The molecule has 0 atom stereocenters. The highest BCUT2D eigenvalue weighted by molar-refractivity contribution is 9.10. The van der Waals surface area contributed by atoms with Crippen LogP contribution in [0.5, 0.6) is 0 Å². The van der Waals surface area contributed by atoms with E-state index in [1.807, 2.05) is 42.5 Å². The van der Waals surface area contributed by atoms with Crippen LogP contribution in [0.2, 0.25) is 0 Å². The number of nitrogens with zero attached hydrogens (tertiary/aromatic N) is 1. The van der Waals surface area contributed by atoms with Crippen molar-refractivity contribution < 1.29 is 26.6 Å². The highest BCUT2D eigenvalue weighted by Crippen LogP contribution is 2.33. The number of alkyl halides is 2. The third kappa shape index (κ3) is 10.9. The Balaban J connectivity index is 0.000000810. The zero-order chi connectivity index (χ0) is 29.1. The lowest BCUT2D eigenvalue weighted by molar-refractivity contribution is -0.517. The van der Waals surface area contributed by atoms with Crippen LogP contribution in [0, 0.1) is 0 Å². The molecule has 0 fully saturated rings. The maximum absolute atomic E-state index is 9.75. The Morgan fingerprint density at radius 2 is 1.23 bits per heavy atom. The smallest absolute Gasteiger partial charge is 0.457 e. The van der Waals surface area contributed by atoms with Crippen LogP contribution in [0.3, 0.4) is 0 Å². The standard InChI is InChI=1S/C29H24Br2Cl2NO.BF4/c30-25-8-4-22(5-9-25)24-19-28(35-29(20-24)23-6-10-26(31)11-7-23)14-3-21-1-12-27(13-2-21)34(17-15-32)18-16-33;2-1(3,4)5/h1-14,19-20H,15-18H2;/q+1;-1/b28-14+;. The third-order valence-corrected chi connectivity index (χ3v) is 6.92. The summed E-state index contributed by atoms with van der Waals surface area (Å²) in [6.07, 6.45) is 16.6. The Bertz CT molecular complexity index is 1360. The maximum atomic E-state index is 9.75. The van der Waals surface area contributed by atoms with Crippen molar-refractivity contribution in [2.75, 3.05) is 24.8 Å². The molecule has 4 rings (SSSR count). The third-order valence-electron chi connectivity index (χ3n) is 5.53. The Morgan fingerprint density at radius 3 is 1.73 bits per heavy atom. The Labute approximate surface area is 258 Å². The molecule has 0 radical (unpaired) electrons. The quantitative estimate of drug-likeness (QED) is 0.120. The van der Waals surface area contributed by atoms with Gasteiger partial charge in [-0.05, 0) is 71.4 Å². The van der Waals surface area contributed by atoms with E-state index in [0.29, 0.717) is 11.8 Å². The van der Waals surface area contributed by atoms with Crippen molar-refractivity contribution in [2.45, 2.75) is 0 Å². The fourth-order valence-electron chi connectivity index (χ4n) is 3.72. The fourth-order valence-corrected chi connectivity index (χ4v) is 4.66. The zero-order valence-corrected chi connectivity index (χ0v) is 25.7. The van der Waals surface area contributed by atoms with Crippen molar-refractivity contribution in [3.63, 3.8) is 0 Å². The van der Waals surface area contributed by atoms with E-state index in [1.165, 1.54) is 0 Å². The van der Waals surface area contributed by atoms with Gasteiger partial charge in [0.25, 0.3) is 0 Å². The number of hydrogen-bond donors (Lipinski definition) is 0. The summed E-state index contributed by atoms with van der Waals surface area (Å²) in [5.41, 5.74) is 5.43. The van der Waals surface area contributed by atoms with E-state index in [-0.39, 0.29) is 0 Å². The molecule has 0 spiro atoms. The first kappa shape index (κ1) is 32.2. The van der Waals surface area contributed by atoms with E-state index in [2.05, 4.69) is 91.1 Å². The first-order valence-corrected chi connectivity index (χ1v) is 14.7. The van der Waals surface area contributed by atoms with Crippen LogP contribution in [0.4, 0.5) is 17.3 Å². The minimum Gasteiger partial charge on any atom is -0.457 e. The number of rotatable bonds is 7. The number of ether oxygens (including phenoxy) is 1. The van der Waals surface area contributed by atoms with Gasteiger partial charge in [-0.15, -0.1) is 23.2 Å². The molecule has 0 unspecified atom stereocenters. The highest BCUT2D eigenvalue weighted by Gasteiger charge is 2.20. The lowest BCUT2D eigenvalue weighted by Gasteiger charge is -2.18. The minimum atomic E-state index is -6.00. The van der Waals surface area contributed by atoms with Gasteiger partial charge in [0.2, 0.25) is 0 Å². The van der Waals surface area contributed by atoms with Crippen molar-refractivity contribution >= 4 is 79.4 Å². The summed E-state index contributed by atoms with van der Waals surface area (Å²) in [5, 5.41) is 0. The molecule has 0 saturated heterocycles. The molecule has 11 heteroatoms. The van der Waals surface area contributed by atoms with E-state index >= 15 is 0 Å². The van der Waals surface area contributed by atoms with Crippen molar-refractivity contribution in [2.24, 2.45) is 0 Å². The van der Waals surface area contributed by atoms with Crippen molar-refractivity contribution in [3.05, 3.63) is 129 Å². The predicted octanol–water partition coefficient (Wildman–Crippen LogP) is 9.83. The van der Waals surface area contributed by atoms with Gasteiger partial charge in [-0.1, -0.05) is 62.2 Å². The van der Waals surface area contributed by atoms with Gasteiger partial charge in [-0.25, -0.2) is 4.58 Å². The lowest BCUT2D eigenvalue weighted by atomic mass is 10.0. The van der Waals surface area contributed by atoms with Gasteiger partial charge in [0, 0.05) is 26.7 Å². The second-order valence-electron chi connectivity index (χ2n) is 8.41. The van der Waals surface area contributed by atoms with Gasteiger partial charge in [-0.3, -0.25) is 0 Å². The summed E-state index contributed by atoms with van der Waals surface area (Å²) in [6.45, 7) is 1.54. The molecule has 2 aromatic rings. The second kappa shape index (κ2) is 15.6. The summed E-state index contributed by atoms with van der Waals surface area (Å²) in [5.74, 6) is 2.72. The van der Waals surface area contributed by atoms with Crippen LogP contribution >= 0.6 is 55.1 Å². The van der Waals surface area contributed by atoms with E-state index in [0.717, 1.165) is 61.5 Å². The Kier molecular flexibility index (Phi) is 12.6. The van der Waals surface area contributed by atoms with E-state index in [4.69, 9.17) is 27.9 Å². The number of hydrogen-bond acceptors (Lipinski definition) is 1. The fraction of sp³-hybridized carbons (Fsp3) is 0.138. The molecule has 0 bridgehead atoms. The summed E-state index contributed by atoms with van der Waals surface area (Å²) >= 11 is 18.9. The van der Waals surface area contributed by atoms with Crippen molar-refractivity contribution in [3.8, 4) is 0 Å². The summed E-state index contributed by atoms with van der Waals surface area (Å²) in [6, 6.07) is 16.4. The monoisotopic (exact) mass is 717 g/mol. The van der Waals surface area contributed by atoms with Crippen LogP contribution in [0.15, 0.2) is 117 Å². The zero-order valence-electron chi connectivity index (χ0n) is 21.0. The lowest BCUT2D eigenvalue weighted by Crippen LogP contribution is -2.24. The number of allylic oxidation sites excluding steroid dienone is 10. The molecule has 2 nitrogen and oxygen atoms in total. The molecular formula is C29H24BBr2Cl2F4NO. The largest absolute Gasteiger partial charge is 0.673 e. The van der Waals surface area contributed by atoms with Gasteiger partial charge in [0.15, 0.2) is 18.8 Å². The molecule has 0 N–H and O–H groups in total. The number of halogens is 8. The number of benzene rings is 2. The van der Waals surface area contributed by atoms with Gasteiger partial charge in [-0.2, -0.15) is 0 Å². The summed E-state index contributed by atoms with van der Waals surface area (Å²) < 4.78 is 49.6. The normalized spacial score (nSPS) is 15.7. The van der Waals surface area contributed by atoms with E-state index in [1.54, 1.807) is 0 Å². The molecule has 1 aliphatic carbocycles. The molecule has 2 aromatic carbocycles. The van der Waals surface area contributed by atoms with Gasteiger partial charge < -0.3 is 22.0 Å². The average Bonchev–Trinajstić information content (AvgIpc) is 2.92. The van der Waals surface area contributed by atoms with Crippen LogP contribution in [-0.2, 0) is 4.74 Å². The highest BCUT2D eigenvalue weighted by atomic mass is 79.9. The van der Waals surface area contributed by atoms with E-state index < -0.39 is 7.25 Å². The molecule has 1 heterocycles. The Morgan fingerprint density at radius 1 is 0.725 bits per heavy atom. The first-order valence-electron chi connectivity index (χ1n) is 12.1. The molecule has 2 aliphatic rings. The molecule has 0 amide bonds. The SMILES string of the molecule is ClCC[N+](CCCl)=C1C=CC(=C/C=C2\C=C(c3ccc(Br)cc3)C=C(c3ccc(Br)cc3)O2)C=C1.F[B-](F)(F)F. The van der Waals surface area contributed by atoms with Crippen LogP contribution in [0.1, 0.15) is 11.1 Å². The second-order valence-corrected chi connectivity index (χ2v) is 11.0. The predicted molar refractivity (Wildman–Crippen MR) is 166 cm³/mol. The van der Waals surface area contributed by atoms with Gasteiger partial charge in [0.05, 0.1) is 11.8 Å². The van der Waals surface area contributed by atoms with Crippen molar-refractivity contribution in [1.82, 2.24) is 0 Å². The topological polar surface area (TPSA) is 12.2 Å². The van der Waals surface area contributed by atoms with Crippen LogP contribution in [-0.4, -0.2) is 42.4 Å². The van der Waals surface area contributed by atoms with Crippen molar-refractivity contribution in [1.29, 1.82) is 0 Å². The molecular weight excluding hydrogens is 696 g/mol. The minimum absolute atomic E-state index is 0.565. The van der Waals surface area contributed by atoms with Crippen LogP contribution < -0.4 is 0 Å². The summed E-state index contributed by atoms with van der Waals surface area (Å²) in [4.78, 5) is 0. The van der Waals surface area contributed by atoms with Gasteiger partial charge >= 0.3 is 7.25 Å². The molecule has 40 heavy (non-hydrogen) atoms. The first-order chi connectivity index (χ1) is 19.1. The summed E-state index contributed by atoms with van der Waals surface area (Å²) in [7, 11) is -6.00.